The van der Waals surface area contributed by atoms with Gasteiger partial charge in [-0.2, -0.15) is 0 Å². The summed E-state index contributed by atoms with van der Waals surface area (Å²) in [6.07, 6.45) is 1.38. The summed E-state index contributed by atoms with van der Waals surface area (Å²) in [6.45, 7) is 0. The van der Waals surface area contributed by atoms with Crippen LogP contribution < -0.4 is 15.0 Å². The number of hydrogen-bond acceptors (Lipinski definition) is 5. The van der Waals surface area contributed by atoms with Crippen LogP contribution in [0.4, 0.5) is 5.69 Å². The Labute approximate surface area is 159 Å². The summed E-state index contributed by atoms with van der Waals surface area (Å²) in [5.41, 5.74) is 0.830. The van der Waals surface area contributed by atoms with Gasteiger partial charge in [-0.1, -0.05) is 17.7 Å². The van der Waals surface area contributed by atoms with E-state index in [9.17, 15) is 14.7 Å². The molecule has 26 heavy (non-hydrogen) atoms. The first kappa shape index (κ1) is 17.9. The minimum absolute atomic E-state index is 0.0166. The maximum Gasteiger partial charge on any atom is 0.270 e. The number of phenolic OH excluding ortho intramolecular Hbond substituents is 1. The van der Waals surface area contributed by atoms with Gasteiger partial charge in [0, 0.05) is 5.02 Å². The molecule has 1 aliphatic rings. The average Bonchev–Trinajstić information content (AvgIpc) is 2.60. The second-order valence-electron chi connectivity index (χ2n) is 5.37. The highest BCUT2D eigenvalue weighted by atomic mass is 35.5. The third-order valence-electron chi connectivity index (χ3n) is 3.70. The standard InChI is InChI=1S/C18H13ClN2O4S/c1-25-15-7-2-10(9-14(15)22)8-13-16(23)20-18(26)21(17(13)24)12-5-3-11(19)4-6-12/h2-9,22H,1H3,(H,20,23,26). The second-order valence-corrected chi connectivity index (χ2v) is 6.19. The third-order valence-corrected chi connectivity index (χ3v) is 4.24. The van der Waals surface area contributed by atoms with E-state index in [0.29, 0.717) is 16.3 Å². The Balaban J connectivity index is 1.99. The predicted octanol–water partition coefficient (Wildman–Crippen LogP) is 2.89. The van der Waals surface area contributed by atoms with Crippen LogP contribution in [0.1, 0.15) is 5.56 Å². The Bertz CT molecular complexity index is 941. The van der Waals surface area contributed by atoms with Gasteiger partial charge in [0.15, 0.2) is 16.6 Å². The van der Waals surface area contributed by atoms with E-state index in [2.05, 4.69) is 5.32 Å². The molecule has 8 heteroatoms. The van der Waals surface area contributed by atoms with Gasteiger partial charge in [0.2, 0.25) is 0 Å². The Morgan fingerprint density at radius 2 is 1.88 bits per heavy atom. The van der Waals surface area contributed by atoms with Crippen LogP contribution >= 0.6 is 23.8 Å². The number of aromatic hydroxyl groups is 1. The molecule has 2 amide bonds. The van der Waals surface area contributed by atoms with Crippen molar-refractivity contribution in [3.05, 3.63) is 58.6 Å². The average molecular weight is 389 g/mol. The molecule has 0 radical (unpaired) electrons. The molecule has 3 rings (SSSR count). The zero-order valence-corrected chi connectivity index (χ0v) is 15.1. The summed E-state index contributed by atoms with van der Waals surface area (Å²) in [4.78, 5) is 26.3. The molecule has 1 saturated heterocycles. The number of halogens is 1. The number of carbonyl (C=O) groups is 2. The van der Waals surface area contributed by atoms with Crippen molar-refractivity contribution >= 4 is 52.5 Å². The summed E-state index contributed by atoms with van der Waals surface area (Å²) in [6, 6.07) is 11.0. The van der Waals surface area contributed by atoms with Crippen LogP contribution in [-0.4, -0.2) is 29.1 Å². The molecule has 0 spiro atoms. The number of thiocarbonyl (C=S) groups is 1. The number of nitrogens with zero attached hydrogens (tertiary/aromatic N) is 1. The van der Waals surface area contributed by atoms with Crippen molar-refractivity contribution in [2.45, 2.75) is 0 Å². The Morgan fingerprint density at radius 1 is 1.19 bits per heavy atom. The number of ether oxygens (including phenoxy) is 1. The van der Waals surface area contributed by atoms with E-state index < -0.39 is 11.8 Å². The van der Waals surface area contributed by atoms with Gasteiger partial charge in [-0.15, -0.1) is 0 Å². The predicted molar refractivity (Wildman–Crippen MR) is 102 cm³/mol. The lowest BCUT2D eigenvalue weighted by molar-refractivity contribution is -0.122. The molecule has 132 valence electrons. The fraction of sp³-hybridized carbons (Fsp3) is 0.0556. The Kier molecular flexibility index (Phi) is 4.92. The molecule has 0 bridgehead atoms. The lowest BCUT2D eigenvalue weighted by atomic mass is 10.1. The van der Waals surface area contributed by atoms with Gasteiger partial charge < -0.3 is 9.84 Å². The van der Waals surface area contributed by atoms with Crippen LogP contribution in [-0.2, 0) is 9.59 Å². The number of anilines is 1. The fourth-order valence-corrected chi connectivity index (χ4v) is 2.85. The van der Waals surface area contributed by atoms with Crippen molar-refractivity contribution in [3.63, 3.8) is 0 Å². The zero-order valence-electron chi connectivity index (χ0n) is 13.5. The number of phenols is 1. The van der Waals surface area contributed by atoms with Crippen LogP contribution in [0.15, 0.2) is 48.0 Å². The summed E-state index contributed by atoms with van der Waals surface area (Å²) < 4.78 is 4.98. The molecule has 1 aliphatic heterocycles. The number of rotatable bonds is 3. The van der Waals surface area contributed by atoms with E-state index in [-0.39, 0.29) is 22.2 Å². The first-order valence-electron chi connectivity index (χ1n) is 7.44. The second kappa shape index (κ2) is 7.15. The molecule has 2 aromatic rings. The highest BCUT2D eigenvalue weighted by Gasteiger charge is 2.34. The van der Waals surface area contributed by atoms with Gasteiger partial charge >= 0.3 is 0 Å². The number of methoxy groups -OCH3 is 1. The molecular formula is C18H13ClN2O4S. The number of carbonyl (C=O) groups excluding carboxylic acids is 2. The van der Waals surface area contributed by atoms with E-state index in [1.165, 1.54) is 30.2 Å². The minimum Gasteiger partial charge on any atom is -0.504 e. The number of benzene rings is 2. The van der Waals surface area contributed by atoms with Gasteiger partial charge in [-0.05, 0) is 60.3 Å². The lowest BCUT2D eigenvalue weighted by Gasteiger charge is -2.28. The van der Waals surface area contributed by atoms with E-state index >= 15 is 0 Å². The van der Waals surface area contributed by atoms with Crippen molar-refractivity contribution in [2.75, 3.05) is 12.0 Å². The number of hydrogen-bond donors (Lipinski definition) is 2. The molecule has 1 fully saturated rings. The first-order valence-corrected chi connectivity index (χ1v) is 8.23. The smallest absolute Gasteiger partial charge is 0.270 e. The molecule has 0 saturated carbocycles. The van der Waals surface area contributed by atoms with Crippen LogP contribution in [0.3, 0.4) is 0 Å². The highest BCUT2D eigenvalue weighted by molar-refractivity contribution is 7.80. The molecule has 0 aromatic heterocycles. The van der Waals surface area contributed by atoms with Crippen molar-refractivity contribution in [2.24, 2.45) is 0 Å². The van der Waals surface area contributed by atoms with Crippen LogP contribution in [0.2, 0.25) is 5.02 Å². The maximum absolute atomic E-state index is 12.8. The van der Waals surface area contributed by atoms with E-state index in [1.54, 1.807) is 30.3 Å². The molecule has 6 nitrogen and oxygen atoms in total. The van der Waals surface area contributed by atoms with E-state index in [4.69, 9.17) is 28.6 Å². The van der Waals surface area contributed by atoms with Crippen LogP contribution in [0, 0.1) is 0 Å². The van der Waals surface area contributed by atoms with Gasteiger partial charge in [-0.25, -0.2) is 0 Å². The fourth-order valence-electron chi connectivity index (χ4n) is 2.45. The quantitative estimate of drug-likeness (QED) is 0.480. The summed E-state index contributed by atoms with van der Waals surface area (Å²) in [7, 11) is 1.43. The van der Waals surface area contributed by atoms with Gasteiger partial charge in [0.05, 0.1) is 12.8 Å². The molecule has 2 aromatic carbocycles. The normalized spacial score (nSPS) is 16.0. The maximum atomic E-state index is 12.8. The first-order chi connectivity index (χ1) is 12.4. The number of amides is 2. The van der Waals surface area contributed by atoms with Gasteiger partial charge in [0.1, 0.15) is 5.57 Å². The van der Waals surface area contributed by atoms with Crippen molar-refractivity contribution in [3.8, 4) is 11.5 Å². The Hall–Kier alpha value is -2.90. The van der Waals surface area contributed by atoms with Crippen molar-refractivity contribution in [1.29, 1.82) is 0 Å². The minimum atomic E-state index is -0.611. The van der Waals surface area contributed by atoms with Crippen molar-refractivity contribution < 1.29 is 19.4 Å². The number of nitrogens with one attached hydrogen (secondary N) is 1. The molecule has 0 aliphatic carbocycles. The third kappa shape index (κ3) is 3.40. The SMILES string of the molecule is COc1ccc(C=C2C(=O)NC(=S)N(c3ccc(Cl)cc3)C2=O)cc1O. The monoisotopic (exact) mass is 388 g/mol. The largest absolute Gasteiger partial charge is 0.504 e. The highest BCUT2D eigenvalue weighted by Crippen LogP contribution is 2.28. The van der Waals surface area contributed by atoms with Crippen LogP contribution in [0.25, 0.3) is 6.08 Å². The lowest BCUT2D eigenvalue weighted by Crippen LogP contribution is -2.54. The topological polar surface area (TPSA) is 78.9 Å². The van der Waals surface area contributed by atoms with Gasteiger partial charge in [0.25, 0.3) is 11.8 Å². The van der Waals surface area contributed by atoms with Gasteiger partial charge in [-0.3, -0.25) is 19.8 Å². The Morgan fingerprint density at radius 3 is 2.50 bits per heavy atom. The van der Waals surface area contributed by atoms with Crippen LogP contribution in [0.5, 0.6) is 11.5 Å². The molecule has 0 atom stereocenters. The zero-order chi connectivity index (χ0) is 18.8. The molecular weight excluding hydrogens is 376 g/mol. The molecule has 2 N–H and O–H groups in total. The van der Waals surface area contributed by atoms with E-state index in [0.717, 1.165) is 0 Å². The molecule has 1 heterocycles. The molecule has 0 unspecified atom stereocenters. The summed E-state index contributed by atoms with van der Waals surface area (Å²) >= 11 is 11.0. The summed E-state index contributed by atoms with van der Waals surface area (Å²) in [5.74, 6) is -0.997. The van der Waals surface area contributed by atoms with Crippen molar-refractivity contribution in [1.82, 2.24) is 5.32 Å². The summed E-state index contributed by atoms with van der Waals surface area (Å²) in [5, 5.41) is 12.9. The van der Waals surface area contributed by atoms with E-state index in [1.807, 2.05) is 0 Å².